The first kappa shape index (κ1) is 11.8. The van der Waals surface area contributed by atoms with Gasteiger partial charge in [-0.3, -0.25) is 0 Å². The molecule has 1 unspecified atom stereocenters. The Morgan fingerprint density at radius 1 is 1.18 bits per heavy atom. The molecule has 0 fully saturated rings. The molecule has 2 heterocycles. The summed E-state index contributed by atoms with van der Waals surface area (Å²) in [6, 6.07) is 2.00. The van der Waals surface area contributed by atoms with Crippen molar-refractivity contribution >= 4 is 31.9 Å². The van der Waals surface area contributed by atoms with Crippen molar-refractivity contribution in [1.29, 1.82) is 0 Å². The fourth-order valence-corrected chi connectivity index (χ4v) is 3.54. The average Bonchev–Trinajstić information content (AvgIpc) is 2.52. The fraction of sp³-hybridized carbons (Fsp3) is 0.500. The van der Waals surface area contributed by atoms with E-state index in [-0.39, 0.29) is 4.83 Å². The summed E-state index contributed by atoms with van der Waals surface area (Å²) in [6.45, 7) is 2.63. The van der Waals surface area contributed by atoms with Crippen LogP contribution in [0.5, 0.6) is 11.5 Å². The van der Waals surface area contributed by atoms with Crippen molar-refractivity contribution in [2.45, 2.75) is 11.2 Å². The summed E-state index contributed by atoms with van der Waals surface area (Å²) < 4.78 is 18.1. The van der Waals surface area contributed by atoms with E-state index in [0.717, 1.165) is 29.0 Å². The molecule has 0 aromatic heterocycles. The molecule has 3 nitrogen and oxygen atoms in total. The van der Waals surface area contributed by atoms with Gasteiger partial charge >= 0.3 is 0 Å². The lowest BCUT2D eigenvalue weighted by Crippen LogP contribution is -2.18. The quantitative estimate of drug-likeness (QED) is 0.662. The van der Waals surface area contributed by atoms with Gasteiger partial charge in [0.15, 0.2) is 11.5 Å². The van der Waals surface area contributed by atoms with Gasteiger partial charge < -0.3 is 14.2 Å². The Kier molecular flexibility index (Phi) is 3.32. The Bertz CT molecular complexity index is 448. The summed E-state index contributed by atoms with van der Waals surface area (Å²) in [5.74, 6) is 1.70. The van der Waals surface area contributed by atoms with Crippen LogP contribution in [0, 0.1) is 0 Å². The van der Waals surface area contributed by atoms with E-state index in [9.17, 15) is 0 Å². The molecule has 0 aliphatic carbocycles. The summed E-state index contributed by atoms with van der Waals surface area (Å²) in [4.78, 5) is 0.160. The van der Waals surface area contributed by atoms with Gasteiger partial charge in [0.25, 0.3) is 0 Å². The third-order valence-corrected chi connectivity index (χ3v) is 4.43. The van der Waals surface area contributed by atoms with Crippen molar-refractivity contribution in [2.75, 3.05) is 26.4 Å². The van der Waals surface area contributed by atoms with E-state index in [2.05, 4.69) is 31.9 Å². The molecule has 3 rings (SSSR count). The molecule has 0 saturated carbocycles. The molecule has 0 saturated heterocycles. The maximum Gasteiger partial charge on any atom is 0.166 e. The largest absolute Gasteiger partial charge is 0.486 e. The highest BCUT2D eigenvalue weighted by Gasteiger charge is 2.28. The maximum absolute atomic E-state index is 5.77. The SMILES string of the molecule is Brc1cc2c(c3c1CCOCC3Br)OCCO2. The van der Waals surface area contributed by atoms with E-state index < -0.39 is 0 Å². The summed E-state index contributed by atoms with van der Waals surface area (Å²) in [7, 11) is 0. The van der Waals surface area contributed by atoms with E-state index in [1.54, 1.807) is 0 Å². The zero-order valence-electron chi connectivity index (χ0n) is 9.17. The first-order chi connectivity index (χ1) is 8.27. The second-order valence-corrected chi connectivity index (χ2v) is 6.03. The molecule has 1 aromatic carbocycles. The lowest BCUT2D eigenvalue weighted by Gasteiger charge is -2.24. The van der Waals surface area contributed by atoms with Crippen molar-refractivity contribution in [3.63, 3.8) is 0 Å². The topological polar surface area (TPSA) is 27.7 Å². The van der Waals surface area contributed by atoms with Crippen molar-refractivity contribution in [2.24, 2.45) is 0 Å². The molecule has 0 radical (unpaired) electrons. The number of benzene rings is 1. The second-order valence-electron chi connectivity index (χ2n) is 4.07. The lowest BCUT2D eigenvalue weighted by atomic mass is 10.0. The Balaban J connectivity index is 2.19. The Morgan fingerprint density at radius 2 is 2.00 bits per heavy atom. The van der Waals surface area contributed by atoms with Crippen LogP contribution in [0.25, 0.3) is 0 Å². The van der Waals surface area contributed by atoms with E-state index >= 15 is 0 Å². The van der Waals surface area contributed by atoms with Crippen LogP contribution in [0.15, 0.2) is 10.5 Å². The van der Waals surface area contributed by atoms with E-state index in [0.29, 0.717) is 19.8 Å². The van der Waals surface area contributed by atoms with Gasteiger partial charge in [0.05, 0.1) is 18.0 Å². The highest BCUT2D eigenvalue weighted by Crippen LogP contribution is 2.46. The van der Waals surface area contributed by atoms with Gasteiger partial charge in [0.2, 0.25) is 0 Å². The molecule has 0 spiro atoms. The summed E-state index contributed by atoms with van der Waals surface area (Å²) in [5.41, 5.74) is 2.43. The number of alkyl halides is 1. The maximum atomic E-state index is 5.77. The molecule has 1 atom stereocenters. The van der Waals surface area contributed by atoms with Crippen LogP contribution in [0.2, 0.25) is 0 Å². The third kappa shape index (κ3) is 2.09. The first-order valence-corrected chi connectivity index (χ1v) is 7.31. The van der Waals surface area contributed by atoms with E-state index in [1.807, 2.05) is 6.07 Å². The van der Waals surface area contributed by atoms with Crippen molar-refractivity contribution < 1.29 is 14.2 Å². The van der Waals surface area contributed by atoms with Crippen LogP contribution in [-0.4, -0.2) is 26.4 Å². The fourth-order valence-electron chi connectivity index (χ4n) is 2.25. The molecular weight excluding hydrogens is 352 g/mol. The Morgan fingerprint density at radius 3 is 2.88 bits per heavy atom. The predicted molar refractivity (Wildman–Crippen MR) is 71.3 cm³/mol. The molecule has 2 aliphatic heterocycles. The number of ether oxygens (including phenoxy) is 3. The van der Waals surface area contributed by atoms with Crippen molar-refractivity contribution in [3.05, 3.63) is 21.7 Å². The first-order valence-electron chi connectivity index (χ1n) is 5.60. The summed E-state index contributed by atoms with van der Waals surface area (Å²) >= 11 is 7.28. The van der Waals surface area contributed by atoms with Gasteiger partial charge in [0.1, 0.15) is 13.2 Å². The van der Waals surface area contributed by atoms with Gasteiger partial charge in [-0.05, 0) is 18.1 Å². The number of fused-ring (bicyclic) bond motifs is 3. The third-order valence-electron chi connectivity index (χ3n) is 3.00. The van der Waals surface area contributed by atoms with E-state index in [1.165, 1.54) is 11.1 Å². The van der Waals surface area contributed by atoms with Gasteiger partial charge in [-0.25, -0.2) is 0 Å². The predicted octanol–water partition coefficient (Wildman–Crippen LogP) is 3.23. The lowest BCUT2D eigenvalue weighted by molar-refractivity contribution is 0.144. The zero-order valence-corrected chi connectivity index (χ0v) is 12.3. The van der Waals surface area contributed by atoms with Gasteiger partial charge in [-0.1, -0.05) is 31.9 Å². The molecule has 1 aromatic rings. The molecule has 92 valence electrons. The zero-order chi connectivity index (χ0) is 11.8. The molecule has 17 heavy (non-hydrogen) atoms. The minimum Gasteiger partial charge on any atom is -0.486 e. The average molecular weight is 364 g/mol. The van der Waals surface area contributed by atoms with Crippen LogP contribution in [0.4, 0.5) is 0 Å². The normalized spacial score (nSPS) is 22.8. The van der Waals surface area contributed by atoms with Crippen molar-refractivity contribution in [1.82, 2.24) is 0 Å². The van der Waals surface area contributed by atoms with Crippen LogP contribution < -0.4 is 9.47 Å². The molecular formula is C12H12Br2O3. The Hall–Kier alpha value is -0.260. The number of halogens is 2. The summed E-state index contributed by atoms with van der Waals surface area (Å²) in [6.07, 6.45) is 0.897. The minimum absolute atomic E-state index is 0.160. The van der Waals surface area contributed by atoms with Crippen LogP contribution in [0.1, 0.15) is 16.0 Å². The van der Waals surface area contributed by atoms with Crippen LogP contribution >= 0.6 is 31.9 Å². The highest BCUT2D eigenvalue weighted by atomic mass is 79.9. The van der Waals surface area contributed by atoms with Gasteiger partial charge in [-0.15, -0.1) is 0 Å². The Labute approximate surface area is 117 Å². The minimum atomic E-state index is 0.160. The standard InChI is InChI=1S/C12H12Br2O3/c13-8-5-10-12(17-4-3-16-10)11-7(8)1-2-15-6-9(11)14/h5,9H,1-4,6H2. The molecule has 2 aliphatic rings. The number of hydrogen-bond acceptors (Lipinski definition) is 3. The monoisotopic (exact) mass is 362 g/mol. The van der Waals surface area contributed by atoms with Gasteiger partial charge in [0, 0.05) is 10.0 Å². The smallest absolute Gasteiger partial charge is 0.166 e. The van der Waals surface area contributed by atoms with Crippen molar-refractivity contribution in [3.8, 4) is 11.5 Å². The summed E-state index contributed by atoms with van der Waals surface area (Å²) in [5, 5.41) is 0. The van der Waals surface area contributed by atoms with E-state index in [4.69, 9.17) is 14.2 Å². The van der Waals surface area contributed by atoms with Gasteiger partial charge in [-0.2, -0.15) is 0 Å². The molecule has 0 bridgehead atoms. The molecule has 0 amide bonds. The van der Waals surface area contributed by atoms with Crippen LogP contribution in [0.3, 0.4) is 0 Å². The van der Waals surface area contributed by atoms with Crippen LogP contribution in [-0.2, 0) is 11.2 Å². The second kappa shape index (κ2) is 4.78. The molecule has 0 N–H and O–H groups in total. The number of hydrogen-bond donors (Lipinski definition) is 0. The number of rotatable bonds is 0. The highest BCUT2D eigenvalue weighted by molar-refractivity contribution is 9.10. The molecule has 5 heteroatoms.